The van der Waals surface area contributed by atoms with Crippen molar-refractivity contribution in [2.24, 2.45) is 0 Å². The van der Waals surface area contributed by atoms with Crippen molar-refractivity contribution in [3.8, 4) is 0 Å². The first-order chi connectivity index (χ1) is 8.51. The molecule has 0 bridgehead atoms. The summed E-state index contributed by atoms with van der Waals surface area (Å²) in [6, 6.07) is 13.9. The highest BCUT2D eigenvalue weighted by molar-refractivity contribution is 6.30. The Hall–Kier alpha value is -1.67. The van der Waals surface area contributed by atoms with E-state index >= 15 is 0 Å². The summed E-state index contributed by atoms with van der Waals surface area (Å²) < 4.78 is 28.4. The van der Waals surface area contributed by atoms with Crippen LogP contribution in [0, 0.1) is 0 Å². The van der Waals surface area contributed by atoms with Crippen LogP contribution in [0.1, 0.15) is 11.1 Å². The van der Waals surface area contributed by atoms with E-state index in [1.807, 2.05) is 0 Å². The molecular weight excluding hydrogens is 254 g/mol. The number of hydrogen-bond donors (Lipinski definition) is 0. The quantitative estimate of drug-likeness (QED) is 0.720. The van der Waals surface area contributed by atoms with Crippen molar-refractivity contribution >= 4 is 17.2 Å². The van der Waals surface area contributed by atoms with Gasteiger partial charge in [0.15, 0.2) is 0 Å². The van der Waals surface area contributed by atoms with E-state index in [2.05, 4.69) is 6.58 Å². The molecule has 0 unspecified atom stereocenters. The third-order valence-corrected chi connectivity index (χ3v) is 2.96. The van der Waals surface area contributed by atoms with Crippen LogP contribution < -0.4 is 0 Å². The molecule has 3 heteroatoms. The van der Waals surface area contributed by atoms with Crippen LogP contribution in [0.25, 0.3) is 5.57 Å². The summed E-state index contributed by atoms with van der Waals surface area (Å²) in [6.07, 6.45) is 0. The Morgan fingerprint density at radius 2 is 1.50 bits per heavy atom. The summed E-state index contributed by atoms with van der Waals surface area (Å²) in [4.78, 5) is 0. The molecule has 0 aromatic heterocycles. The van der Waals surface area contributed by atoms with Crippen LogP contribution in [0.2, 0.25) is 5.02 Å². The molecule has 2 aromatic carbocycles. The third-order valence-electron chi connectivity index (χ3n) is 2.71. The van der Waals surface area contributed by atoms with Gasteiger partial charge < -0.3 is 0 Å². The van der Waals surface area contributed by atoms with Gasteiger partial charge in [0, 0.05) is 16.2 Å². The first-order valence-electron chi connectivity index (χ1n) is 5.40. The number of benzene rings is 2. The molecule has 0 aliphatic rings. The maximum atomic E-state index is 14.2. The molecule has 2 aromatic rings. The lowest BCUT2D eigenvalue weighted by molar-refractivity contribution is 0.0647. The van der Waals surface area contributed by atoms with Crippen molar-refractivity contribution in [1.82, 2.24) is 0 Å². The summed E-state index contributed by atoms with van der Waals surface area (Å²) in [5, 5.41) is 0.509. The average Bonchev–Trinajstić information content (AvgIpc) is 2.40. The fourth-order valence-corrected chi connectivity index (χ4v) is 1.78. The molecule has 0 saturated heterocycles. The van der Waals surface area contributed by atoms with Crippen LogP contribution in [-0.2, 0) is 5.92 Å². The van der Waals surface area contributed by atoms with Gasteiger partial charge in [-0.3, -0.25) is 0 Å². The predicted octanol–water partition coefficient (Wildman–Crippen LogP) is 5.15. The van der Waals surface area contributed by atoms with E-state index in [1.54, 1.807) is 42.5 Å². The Bertz CT molecular complexity index is 544. The first-order valence-corrected chi connectivity index (χ1v) is 5.78. The minimum absolute atomic E-state index is 0.0649. The van der Waals surface area contributed by atoms with E-state index in [9.17, 15) is 8.78 Å². The van der Waals surface area contributed by atoms with Crippen molar-refractivity contribution in [3.05, 3.63) is 77.3 Å². The molecule has 92 valence electrons. The van der Waals surface area contributed by atoms with Gasteiger partial charge in [0.1, 0.15) is 0 Å². The summed E-state index contributed by atoms with van der Waals surface area (Å²) in [7, 11) is 0. The van der Waals surface area contributed by atoms with Gasteiger partial charge in [-0.05, 0) is 17.7 Å². The number of allylic oxidation sites excluding steroid dienone is 1. The fourth-order valence-electron chi connectivity index (χ4n) is 1.65. The zero-order valence-corrected chi connectivity index (χ0v) is 10.3. The van der Waals surface area contributed by atoms with E-state index < -0.39 is 5.92 Å². The molecule has 0 atom stereocenters. The topological polar surface area (TPSA) is 0 Å². The highest BCUT2D eigenvalue weighted by atomic mass is 35.5. The second-order valence-electron chi connectivity index (χ2n) is 3.93. The largest absolute Gasteiger partial charge is 0.298 e. The Morgan fingerprint density at radius 3 is 2.06 bits per heavy atom. The lowest BCUT2D eigenvalue weighted by Gasteiger charge is -2.19. The summed E-state index contributed by atoms with van der Waals surface area (Å²) >= 11 is 5.73. The number of alkyl halides is 2. The van der Waals surface area contributed by atoms with E-state index in [1.165, 1.54) is 12.1 Å². The number of hydrogen-bond acceptors (Lipinski definition) is 0. The Morgan fingerprint density at radius 1 is 0.944 bits per heavy atom. The number of rotatable bonds is 3. The van der Waals surface area contributed by atoms with Gasteiger partial charge in [0.05, 0.1) is 0 Å². The maximum absolute atomic E-state index is 14.2. The molecule has 0 aliphatic carbocycles. The zero-order chi connectivity index (χ0) is 13.2. The van der Waals surface area contributed by atoms with E-state index in [0.29, 0.717) is 10.6 Å². The van der Waals surface area contributed by atoms with Crippen molar-refractivity contribution in [2.75, 3.05) is 0 Å². The van der Waals surface area contributed by atoms with Gasteiger partial charge in [0.25, 0.3) is 5.92 Å². The third kappa shape index (κ3) is 2.44. The fraction of sp³-hybridized carbons (Fsp3) is 0.0667. The van der Waals surface area contributed by atoms with Crippen molar-refractivity contribution in [3.63, 3.8) is 0 Å². The smallest absolute Gasteiger partial charge is 0.196 e. The van der Waals surface area contributed by atoms with Crippen LogP contribution >= 0.6 is 11.6 Å². The van der Waals surface area contributed by atoms with Crippen LogP contribution in [0.15, 0.2) is 61.2 Å². The molecule has 0 nitrogen and oxygen atoms in total. The van der Waals surface area contributed by atoms with Gasteiger partial charge >= 0.3 is 0 Å². The Balaban J connectivity index is 2.36. The lowest BCUT2D eigenvalue weighted by Crippen LogP contribution is -2.15. The van der Waals surface area contributed by atoms with Gasteiger partial charge in [-0.1, -0.05) is 60.6 Å². The Kier molecular flexibility index (Phi) is 3.48. The summed E-state index contributed by atoms with van der Waals surface area (Å²) in [5.41, 5.74) is 0.0866. The van der Waals surface area contributed by atoms with Crippen LogP contribution in [-0.4, -0.2) is 0 Å². The van der Waals surface area contributed by atoms with Crippen LogP contribution in [0.4, 0.5) is 8.78 Å². The molecule has 0 N–H and O–H groups in total. The number of halogens is 3. The summed E-state index contributed by atoms with van der Waals surface area (Å²) in [6.45, 7) is 3.51. The minimum atomic E-state index is -3.09. The minimum Gasteiger partial charge on any atom is -0.196 e. The molecular formula is C15H11ClF2. The van der Waals surface area contributed by atoms with Gasteiger partial charge in [-0.15, -0.1) is 0 Å². The van der Waals surface area contributed by atoms with Crippen molar-refractivity contribution in [2.45, 2.75) is 5.92 Å². The normalized spacial score (nSPS) is 11.3. The monoisotopic (exact) mass is 264 g/mol. The van der Waals surface area contributed by atoms with Crippen molar-refractivity contribution in [1.29, 1.82) is 0 Å². The van der Waals surface area contributed by atoms with Crippen LogP contribution in [0.3, 0.4) is 0 Å². The summed E-state index contributed by atoms with van der Waals surface area (Å²) in [5.74, 6) is -3.09. The Labute approximate surface area is 110 Å². The SMILES string of the molecule is C=C(c1ccc(Cl)cc1)C(F)(F)c1ccccc1. The molecule has 0 aliphatic heterocycles. The molecule has 0 amide bonds. The molecule has 18 heavy (non-hydrogen) atoms. The van der Waals surface area contributed by atoms with E-state index in [-0.39, 0.29) is 11.1 Å². The first kappa shape index (κ1) is 12.8. The molecule has 2 rings (SSSR count). The van der Waals surface area contributed by atoms with E-state index in [0.717, 1.165) is 0 Å². The second-order valence-corrected chi connectivity index (χ2v) is 4.36. The van der Waals surface area contributed by atoms with Gasteiger partial charge in [0.2, 0.25) is 0 Å². The van der Waals surface area contributed by atoms with Crippen molar-refractivity contribution < 1.29 is 8.78 Å². The molecule has 0 fully saturated rings. The maximum Gasteiger partial charge on any atom is 0.298 e. The van der Waals surface area contributed by atoms with Gasteiger partial charge in [-0.2, -0.15) is 8.78 Å². The van der Waals surface area contributed by atoms with Crippen LogP contribution in [0.5, 0.6) is 0 Å². The van der Waals surface area contributed by atoms with E-state index in [4.69, 9.17) is 11.6 Å². The average molecular weight is 265 g/mol. The van der Waals surface area contributed by atoms with Gasteiger partial charge in [-0.25, -0.2) is 0 Å². The zero-order valence-electron chi connectivity index (χ0n) is 9.54. The molecule has 0 heterocycles. The second kappa shape index (κ2) is 4.91. The standard InChI is InChI=1S/C15H11ClF2/c1-11(12-7-9-14(16)10-8-12)15(17,18)13-5-3-2-4-6-13/h2-10H,1H2. The highest BCUT2D eigenvalue weighted by Crippen LogP contribution is 2.40. The highest BCUT2D eigenvalue weighted by Gasteiger charge is 2.35. The molecule has 0 radical (unpaired) electrons. The molecule has 0 spiro atoms. The lowest BCUT2D eigenvalue weighted by atomic mass is 9.96. The molecule has 0 saturated carbocycles. The predicted molar refractivity (Wildman–Crippen MR) is 70.8 cm³/mol.